The molecule has 1 aromatic heterocycles. The van der Waals surface area contributed by atoms with Crippen molar-refractivity contribution in [2.75, 3.05) is 13.1 Å². The van der Waals surface area contributed by atoms with E-state index >= 15 is 0 Å². The third-order valence-electron chi connectivity index (χ3n) is 2.58. The number of nitrogens with zero attached hydrogens (tertiary/aromatic N) is 1. The van der Waals surface area contributed by atoms with Crippen LogP contribution in [0, 0.1) is 0 Å². The van der Waals surface area contributed by atoms with Gasteiger partial charge in [-0.1, -0.05) is 6.92 Å². The molecular weight excluding hydrogens is 212 g/mol. The van der Waals surface area contributed by atoms with Crippen molar-refractivity contribution in [2.45, 2.75) is 25.0 Å². The van der Waals surface area contributed by atoms with Crippen LogP contribution in [-0.2, 0) is 17.8 Å². The molecule has 5 heteroatoms. The Bertz CT molecular complexity index is 351. The van der Waals surface area contributed by atoms with E-state index in [0.29, 0.717) is 6.41 Å². The number of rotatable bonds is 4. The molecule has 1 N–H and O–H groups in total. The van der Waals surface area contributed by atoms with E-state index < -0.39 is 0 Å². The predicted molar refractivity (Wildman–Crippen MR) is 58.4 cm³/mol. The van der Waals surface area contributed by atoms with E-state index in [1.54, 1.807) is 0 Å². The van der Waals surface area contributed by atoms with Gasteiger partial charge in [-0.05, 0) is 12.6 Å². The molecule has 0 saturated heterocycles. The van der Waals surface area contributed by atoms with Crippen molar-refractivity contribution in [3.8, 4) is 0 Å². The van der Waals surface area contributed by atoms with Crippen molar-refractivity contribution >= 4 is 18.4 Å². The average molecular weight is 226 g/mol. The van der Waals surface area contributed by atoms with Gasteiger partial charge in [0.25, 0.3) is 0 Å². The number of amides is 1. The molecule has 15 heavy (non-hydrogen) atoms. The second-order valence-corrected chi connectivity index (χ2v) is 4.31. The molecule has 0 aliphatic carbocycles. The lowest BCUT2D eigenvalue weighted by Gasteiger charge is -2.23. The van der Waals surface area contributed by atoms with Gasteiger partial charge in [0.05, 0.1) is 0 Å². The van der Waals surface area contributed by atoms with Gasteiger partial charge in [0, 0.05) is 37.0 Å². The fraction of sp³-hybridized carbons (Fsp3) is 0.500. The minimum atomic E-state index is 0.657. The summed E-state index contributed by atoms with van der Waals surface area (Å²) in [6.07, 6.45) is 1.62. The Morgan fingerprint density at radius 2 is 2.60 bits per heavy atom. The number of hydrogen-bond acceptors (Lipinski definition) is 4. The summed E-state index contributed by atoms with van der Waals surface area (Å²) in [5, 5.41) is 0.769. The Morgan fingerprint density at radius 1 is 1.73 bits per heavy atom. The Hall–Kier alpha value is -0.940. The van der Waals surface area contributed by atoms with E-state index in [1.165, 1.54) is 17.5 Å². The molecule has 82 valence electrons. The zero-order valence-electron chi connectivity index (χ0n) is 8.66. The van der Waals surface area contributed by atoms with Gasteiger partial charge in [-0.3, -0.25) is 14.4 Å². The zero-order chi connectivity index (χ0) is 10.7. The molecule has 2 heterocycles. The van der Waals surface area contributed by atoms with Crippen molar-refractivity contribution in [3.05, 3.63) is 17.4 Å². The molecule has 1 amide bonds. The third-order valence-corrected chi connectivity index (χ3v) is 3.19. The van der Waals surface area contributed by atoms with E-state index in [1.807, 2.05) is 6.07 Å². The summed E-state index contributed by atoms with van der Waals surface area (Å²) >= 11 is 1.22. The molecule has 0 saturated carbocycles. The van der Waals surface area contributed by atoms with E-state index in [-0.39, 0.29) is 0 Å². The van der Waals surface area contributed by atoms with Crippen LogP contribution in [0.1, 0.15) is 18.2 Å². The summed E-state index contributed by atoms with van der Waals surface area (Å²) in [5.41, 5.74) is 1.25. The first kappa shape index (κ1) is 10.6. The monoisotopic (exact) mass is 226 g/mol. The standard InChI is InChI=1S/C10H14N2O2S/c1-2-12-4-3-9-8(6-12)5-10(14-9)15-11-7-13/h5,7H,2-4,6H2,1H3,(H,11,13). The van der Waals surface area contributed by atoms with Crippen LogP contribution in [0.5, 0.6) is 0 Å². The Morgan fingerprint density at radius 3 is 3.33 bits per heavy atom. The van der Waals surface area contributed by atoms with Gasteiger partial charge < -0.3 is 4.42 Å². The molecule has 1 aliphatic heterocycles. The number of furan rings is 1. The van der Waals surface area contributed by atoms with Gasteiger partial charge in [0.15, 0.2) is 5.09 Å². The van der Waals surface area contributed by atoms with Crippen LogP contribution in [-0.4, -0.2) is 24.4 Å². The van der Waals surface area contributed by atoms with E-state index in [4.69, 9.17) is 4.42 Å². The highest BCUT2D eigenvalue weighted by Crippen LogP contribution is 2.27. The lowest BCUT2D eigenvalue weighted by atomic mass is 10.1. The molecule has 1 aliphatic rings. The number of carbonyl (C=O) groups is 1. The first-order valence-corrected chi connectivity index (χ1v) is 5.85. The molecule has 4 nitrogen and oxygen atoms in total. The van der Waals surface area contributed by atoms with E-state index in [2.05, 4.69) is 16.5 Å². The second-order valence-electron chi connectivity index (χ2n) is 3.47. The summed E-state index contributed by atoms with van der Waals surface area (Å²) in [6.45, 7) is 5.24. The molecule has 0 fully saturated rings. The molecule has 0 atom stereocenters. The van der Waals surface area contributed by atoms with Crippen LogP contribution in [0.25, 0.3) is 0 Å². The fourth-order valence-corrected chi connectivity index (χ4v) is 2.27. The van der Waals surface area contributed by atoms with E-state index in [9.17, 15) is 4.79 Å². The number of hydrogen-bond donors (Lipinski definition) is 1. The lowest BCUT2D eigenvalue weighted by molar-refractivity contribution is -0.107. The summed E-state index contributed by atoms with van der Waals surface area (Å²) in [4.78, 5) is 12.5. The van der Waals surface area contributed by atoms with Crippen LogP contribution in [0.2, 0.25) is 0 Å². The average Bonchev–Trinajstić information content (AvgIpc) is 2.67. The SMILES string of the molecule is CCN1CCc2oc(SNC=O)cc2C1. The smallest absolute Gasteiger partial charge is 0.217 e. The highest BCUT2D eigenvalue weighted by molar-refractivity contribution is 7.97. The van der Waals surface area contributed by atoms with Gasteiger partial charge in [-0.25, -0.2) is 0 Å². The minimum Gasteiger partial charge on any atom is -0.453 e. The largest absolute Gasteiger partial charge is 0.453 e. The minimum absolute atomic E-state index is 0.657. The molecule has 0 spiro atoms. The highest BCUT2D eigenvalue weighted by Gasteiger charge is 2.19. The lowest BCUT2D eigenvalue weighted by Crippen LogP contribution is -2.29. The predicted octanol–water partition coefficient (Wildman–Crippen LogP) is 1.41. The molecule has 0 bridgehead atoms. The van der Waals surface area contributed by atoms with Crippen molar-refractivity contribution in [2.24, 2.45) is 0 Å². The Kier molecular flexibility index (Phi) is 3.33. The third kappa shape index (κ3) is 2.35. The summed E-state index contributed by atoms with van der Waals surface area (Å²) in [5.74, 6) is 1.06. The second kappa shape index (κ2) is 4.72. The fourth-order valence-electron chi connectivity index (χ4n) is 1.77. The summed E-state index contributed by atoms with van der Waals surface area (Å²) < 4.78 is 8.14. The summed E-state index contributed by atoms with van der Waals surface area (Å²) in [6, 6.07) is 2.01. The molecular formula is C10H14N2O2S. The molecule has 2 rings (SSSR count). The maximum Gasteiger partial charge on any atom is 0.217 e. The van der Waals surface area contributed by atoms with Crippen LogP contribution >= 0.6 is 11.9 Å². The normalized spacial score (nSPS) is 16.1. The van der Waals surface area contributed by atoms with Gasteiger partial charge in [0.1, 0.15) is 5.76 Å². The number of nitrogens with one attached hydrogen (secondary N) is 1. The van der Waals surface area contributed by atoms with Gasteiger partial charge in [-0.2, -0.15) is 0 Å². The van der Waals surface area contributed by atoms with Gasteiger partial charge in [0.2, 0.25) is 6.41 Å². The van der Waals surface area contributed by atoms with Crippen molar-refractivity contribution in [1.82, 2.24) is 9.62 Å². The number of carbonyl (C=O) groups excluding carboxylic acids is 1. The van der Waals surface area contributed by atoms with Crippen LogP contribution in [0.3, 0.4) is 0 Å². The van der Waals surface area contributed by atoms with Crippen molar-refractivity contribution in [3.63, 3.8) is 0 Å². The molecule has 0 unspecified atom stereocenters. The van der Waals surface area contributed by atoms with Crippen LogP contribution in [0.4, 0.5) is 0 Å². The first-order chi connectivity index (χ1) is 7.33. The topological polar surface area (TPSA) is 45.5 Å². The van der Waals surface area contributed by atoms with Crippen LogP contribution < -0.4 is 4.72 Å². The maximum atomic E-state index is 10.1. The number of likely N-dealkylation sites (N-methyl/N-ethyl adjacent to an activating group) is 1. The molecule has 0 radical (unpaired) electrons. The molecule has 0 aromatic carbocycles. The van der Waals surface area contributed by atoms with Gasteiger partial charge in [-0.15, -0.1) is 0 Å². The Balaban J connectivity index is 2.07. The first-order valence-electron chi connectivity index (χ1n) is 5.03. The Labute approximate surface area is 93.1 Å². The van der Waals surface area contributed by atoms with Gasteiger partial charge >= 0.3 is 0 Å². The molecule has 1 aromatic rings. The van der Waals surface area contributed by atoms with E-state index in [0.717, 1.165) is 36.9 Å². The van der Waals surface area contributed by atoms with Crippen LogP contribution in [0.15, 0.2) is 15.6 Å². The quantitative estimate of drug-likeness (QED) is 0.623. The number of fused-ring (bicyclic) bond motifs is 1. The highest BCUT2D eigenvalue weighted by atomic mass is 32.2. The van der Waals surface area contributed by atoms with Crippen molar-refractivity contribution in [1.29, 1.82) is 0 Å². The maximum absolute atomic E-state index is 10.1. The van der Waals surface area contributed by atoms with Crippen molar-refractivity contribution < 1.29 is 9.21 Å². The summed E-state index contributed by atoms with van der Waals surface area (Å²) in [7, 11) is 0. The zero-order valence-corrected chi connectivity index (χ0v) is 9.47.